The summed E-state index contributed by atoms with van der Waals surface area (Å²) in [6.07, 6.45) is 7.48. The second kappa shape index (κ2) is 8.24. The van der Waals surface area contributed by atoms with Crippen molar-refractivity contribution in [3.05, 3.63) is 29.3 Å². The van der Waals surface area contributed by atoms with Crippen LogP contribution in [-0.4, -0.2) is 5.11 Å². The van der Waals surface area contributed by atoms with E-state index in [1.165, 1.54) is 37.7 Å². The van der Waals surface area contributed by atoms with Gasteiger partial charge in [0.25, 0.3) is 0 Å². The first-order chi connectivity index (χ1) is 9.00. The first-order valence-electron chi connectivity index (χ1n) is 7.82. The topological polar surface area (TPSA) is 20.2 Å². The molecule has 0 heterocycles. The molecule has 1 heteroatoms. The summed E-state index contributed by atoms with van der Waals surface area (Å²) in [4.78, 5) is 0. The highest BCUT2D eigenvalue weighted by Crippen LogP contribution is 2.25. The van der Waals surface area contributed by atoms with Gasteiger partial charge in [-0.2, -0.15) is 0 Å². The molecule has 1 nitrogen and oxygen atoms in total. The van der Waals surface area contributed by atoms with E-state index in [0.29, 0.717) is 11.7 Å². The molecule has 1 aromatic rings. The van der Waals surface area contributed by atoms with E-state index in [0.717, 1.165) is 17.9 Å². The third-order valence-corrected chi connectivity index (χ3v) is 3.75. The van der Waals surface area contributed by atoms with Gasteiger partial charge in [-0.1, -0.05) is 65.5 Å². The predicted molar refractivity (Wildman–Crippen MR) is 83.8 cm³/mol. The summed E-state index contributed by atoms with van der Waals surface area (Å²) in [7, 11) is 0. The van der Waals surface area contributed by atoms with Gasteiger partial charge in [-0.3, -0.25) is 0 Å². The minimum Gasteiger partial charge on any atom is -0.508 e. The van der Waals surface area contributed by atoms with Crippen LogP contribution in [0.3, 0.4) is 0 Å². The van der Waals surface area contributed by atoms with Gasteiger partial charge in [0.15, 0.2) is 0 Å². The molecule has 0 aliphatic rings. The van der Waals surface area contributed by atoms with Gasteiger partial charge in [0, 0.05) is 0 Å². The standard InChI is InChI=1S/C18H30O/c1-14(2)9-7-5-6-8-10-16-11-12-17(15(3)4)13-18(16)19/h11-15,19H,5-10H2,1-4H3. The Morgan fingerprint density at radius 3 is 2.21 bits per heavy atom. The molecule has 0 amide bonds. The van der Waals surface area contributed by atoms with Crippen LogP contribution in [0.4, 0.5) is 0 Å². The molecule has 1 N–H and O–H groups in total. The summed E-state index contributed by atoms with van der Waals surface area (Å²) >= 11 is 0. The molecule has 0 spiro atoms. The number of aryl methyl sites for hydroxylation is 1. The van der Waals surface area contributed by atoms with Crippen LogP contribution >= 0.6 is 0 Å². The lowest BCUT2D eigenvalue weighted by Gasteiger charge is -2.10. The van der Waals surface area contributed by atoms with E-state index in [2.05, 4.69) is 39.8 Å². The Morgan fingerprint density at radius 1 is 0.947 bits per heavy atom. The van der Waals surface area contributed by atoms with E-state index >= 15 is 0 Å². The average molecular weight is 262 g/mol. The summed E-state index contributed by atoms with van der Waals surface area (Å²) in [6.45, 7) is 8.88. The predicted octanol–water partition coefficient (Wildman–Crippen LogP) is 5.66. The second-order valence-corrected chi connectivity index (χ2v) is 6.39. The van der Waals surface area contributed by atoms with Crippen LogP contribution in [0.2, 0.25) is 0 Å². The minimum absolute atomic E-state index is 0.480. The molecule has 108 valence electrons. The normalized spacial score (nSPS) is 11.5. The summed E-state index contributed by atoms with van der Waals surface area (Å²) in [5.74, 6) is 1.79. The molecule has 0 radical (unpaired) electrons. The van der Waals surface area contributed by atoms with Crippen molar-refractivity contribution in [3.63, 3.8) is 0 Å². The highest BCUT2D eigenvalue weighted by molar-refractivity contribution is 5.37. The number of phenols is 1. The molecule has 1 rings (SSSR count). The first kappa shape index (κ1) is 16.1. The van der Waals surface area contributed by atoms with E-state index in [9.17, 15) is 5.11 Å². The van der Waals surface area contributed by atoms with E-state index < -0.39 is 0 Å². The smallest absolute Gasteiger partial charge is 0.119 e. The van der Waals surface area contributed by atoms with Crippen molar-refractivity contribution < 1.29 is 5.11 Å². The molecule has 0 aliphatic carbocycles. The molecular formula is C18H30O. The number of benzene rings is 1. The molecule has 0 aliphatic heterocycles. The van der Waals surface area contributed by atoms with Crippen molar-refractivity contribution in [2.75, 3.05) is 0 Å². The van der Waals surface area contributed by atoms with E-state index in [-0.39, 0.29) is 0 Å². The number of unbranched alkanes of at least 4 members (excludes halogenated alkanes) is 3. The van der Waals surface area contributed by atoms with Crippen molar-refractivity contribution in [3.8, 4) is 5.75 Å². The van der Waals surface area contributed by atoms with Crippen molar-refractivity contribution in [2.45, 2.75) is 72.1 Å². The Hall–Kier alpha value is -0.980. The number of phenolic OH excluding ortho intramolecular Hbond substituents is 1. The lowest BCUT2D eigenvalue weighted by molar-refractivity contribution is 0.464. The van der Waals surface area contributed by atoms with Crippen LogP contribution in [0.25, 0.3) is 0 Å². The van der Waals surface area contributed by atoms with Gasteiger partial charge in [-0.25, -0.2) is 0 Å². The van der Waals surface area contributed by atoms with Gasteiger partial charge < -0.3 is 5.11 Å². The van der Waals surface area contributed by atoms with Gasteiger partial charge in [0.05, 0.1) is 0 Å². The number of rotatable bonds is 8. The molecule has 0 bridgehead atoms. The zero-order chi connectivity index (χ0) is 14.3. The number of hydrogen-bond acceptors (Lipinski definition) is 1. The Labute approximate surface area is 119 Å². The Kier molecular flexibility index (Phi) is 6.97. The largest absolute Gasteiger partial charge is 0.508 e. The van der Waals surface area contributed by atoms with Crippen molar-refractivity contribution in [1.82, 2.24) is 0 Å². The lowest BCUT2D eigenvalue weighted by atomic mass is 9.98. The molecule has 0 fully saturated rings. The monoisotopic (exact) mass is 262 g/mol. The van der Waals surface area contributed by atoms with E-state index in [4.69, 9.17) is 0 Å². The zero-order valence-electron chi connectivity index (χ0n) is 13.1. The fraction of sp³-hybridized carbons (Fsp3) is 0.667. The van der Waals surface area contributed by atoms with Gasteiger partial charge in [0.2, 0.25) is 0 Å². The SMILES string of the molecule is CC(C)CCCCCCc1ccc(C(C)C)cc1O. The van der Waals surface area contributed by atoms with E-state index in [1.807, 2.05) is 6.07 Å². The van der Waals surface area contributed by atoms with Crippen LogP contribution in [0, 0.1) is 5.92 Å². The Balaban J connectivity index is 2.30. The molecule has 19 heavy (non-hydrogen) atoms. The second-order valence-electron chi connectivity index (χ2n) is 6.39. The summed E-state index contributed by atoms with van der Waals surface area (Å²) in [5, 5.41) is 10.0. The third-order valence-electron chi connectivity index (χ3n) is 3.75. The highest BCUT2D eigenvalue weighted by Gasteiger charge is 2.05. The molecular weight excluding hydrogens is 232 g/mol. The molecule has 0 unspecified atom stereocenters. The van der Waals surface area contributed by atoms with Crippen molar-refractivity contribution in [2.24, 2.45) is 5.92 Å². The quantitative estimate of drug-likeness (QED) is 0.599. The summed E-state index contributed by atoms with van der Waals surface area (Å²) in [5.41, 5.74) is 2.33. The minimum atomic E-state index is 0.480. The third kappa shape index (κ3) is 6.13. The van der Waals surface area contributed by atoms with Crippen molar-refractivity contribution in [1.29, 1.82) is 0 Å². The maximum Gasteiger partial charge on any atom is 0.119 e. The molecule has 0 saturated carbocycles. The van der Waals surface area contributed by atoms with Gasteiger partial charge in [-0.05, 0) is 41.9 Å². The van der Waals surface area contributed by atoms with Crippen LogP contribution < -0.4 is 0 Å². The lowest BCUT2D eigenvalue weighted by Crippen LogP contribution is -1.92. The fourth-order valence-electron chi connectivity index (χ4n) is 2.37. The van der Waals surface area contributed by atoms with Gasteiger partial charge in [-0.15, -0.1) is 0 Å². The van der Waals surface area contributed by atoms with Crippen LogP contribution in [-0.2, 0) is 6.42 Å². The fourth-order valence-corrected chi connectivity index (χ4v) is 2.37. The highest BCUT2D eigenvalue weighted by atomic mass is 16.3. The van der Waals surface area contributed by atoms with Crippen LogP contribution in [0.5, 0.6) is 5.75 Å². The average Bonchev–Trinajstić information content (AvgIpc) is 2.34. The first-order valence-corrected chi connectivity index (χ1v) is 7.82. The Bertz CT molecular complexity index is 366. The number of aromatic hydroxyl groups is 1. The molecule has 0 aromatic heterocycles. The van der Waals surface area contributed by atoms with Crippen molar-refractivity contribution >= 4 is 0 Å². The van der Waals surface area contributed by atoms with Gasteiger partial charge >= 0.3 is 0 Å². The summed E-state index contributed by atoms with van der Waals surface area (Å²) < 4.78 is 0. The molecule has 0 atom stereocenters. The van der Waals surface area contributed by atoms with Crippen LogP contribution in [0.15, 0.2) is 18.2 Å². The molecule has 1 aromatic carbocycles. The zero-order valence-corrected chi connectivity index (χ0v) is 13.1. The van der Waals surface area contributed by atoms with Gasteiger partial charge in [0.1, 0.15) is 5.75 Å². The number of hydrogen-bond donors (Lipinski definition) is 1. The molecule has 0 saturated heterocycles. The summed E-state index contributed by atoms with van der Waals surface area (Å²) in [6, 6.07) is 6.18. The maximum absolute atomic E-state index is 10.0. The maximum atomic E-state index is 10.0. The van der Waals surface area contributed by atoms with E-state index in [1.54, 1.807) is 0 Å². The van der Waals surface area contributed by atoms with Crippen LogP contribution in [0.1, 0.15) is 76.8 Å². The Morgan fingerprint density at radius 2 is 1.63 bits per heavy atom.